The minimum Gasteiger partial charge on any atom is -0.457 e. The zero-order chi connectivity index (χ0) is 14.7. The van der Waals surface area contributed by atoms with Gasteiger partial charge in [0.2, 0.25) is 0 Å². The van der Waals surface area contributed by atoms with Crippen molar-refractivity contribution < 1.29 is 9.53 Å². The fourth-order valence-corrected chi connectivity index (χ4v) is 3.13. The van der Waals surface area contributed by atoms with E-state index in [2.05, 4.69) is 17.9 Å². The summed E-state index contributed by atoms with van der Waals surface area (Å²) in [6.45, 7) is 0. The van der Waals surface area contributed by atoms with Crippen molar-refractivity contribution >= 4 is 36.4 Å². The maximum Gasteiger partial charge on any atom is 0.259 e. The first-order chi connectivity index (χ1) is 10.2. The Kier molecular flexibility index (Phi) is 4.22. The van der Waals surface area contributed by atoms with Gasteiger partial charge >= 0.3 is 0 Å². The third-order valence-corrected chi connectivity index (χ3v) is 4.22. The number of hydrogen-bond donors (Lipinski definition) is 2. The van der Waals surface area contributed by atoms with Crippen LogP contribution in [-0.4, -0.2) is 10.6 Å². The highest BCUT2D eigenvalue weighted by atomic mass is 32.2. The Hall–Kier alpha value is -1.85. The van der Waals surface area contributed by atoms with Crippen LogP contribution in [0.5, 0.6) is 11.5 Å². The van der Waals surface area contributed by atoms with Gasteiger partial charge in [-0.3, -0.25) is 4.79 Å². The summed E-state index contributed by atoms with van der Waals surface area (Å²) in [5, 5.41) is 2.73. The van der Waals surface area contributed by atoms with E-state index in [4.69, 9.17) is 4.74 Å². The Morgan fingerprint density at radius 2 is 1.71 bits per heavy atom. The lowest BCUT2D eigenvalue weighted by molar-refractivity contribution is -0.116. The van der Waals surface area contributed by atoms with Crippen LogP contribution in [0.4, 0.5) is 0 Å². The largest absolute Gasteiger partial charge is 0.457 e. The van der Waals surface area contributed by atoms with Crippen molar-refractivity contribution in [3.8, 4) is 11.5 Å². The molecular weight excluding hydrogens is 302 g/mol. The average Bonchev–Trinajstić information content (AvgIpc) is 2.80. The van der Waals surface area contributed by atoms with E-state index < -0.39 is 0 Å². The molecule has 0 bridgehead atoms. The molecule has 1 unspecified atom stereocenters. The number of carbonyl (C=O) groups excluding carboxylic acids is 1. The van der Waals surface area contributed by atoms with Crippen LogP contribution < -0.4 is 10.1 Å². The van der Waals surface area contributed by atoms with E-state index in [1.807, 2.05) is 60.7 Å². The van der Waals surface area contributed by atoms with E-state index in [0.717, 1.165) is 17.1 Å². The van der Waals surface area contributed by atoms with Gasteiger partial charge in [0.25, 0.3) is 5.91 Å². The molecule has 1 aliphatic heterocycles. The monoisotopic (exact) mass is 315 g/mol. The van der Waals surface area contributed by atoms with E-state index >= 15 is 0 Å². The van der Waals surface area contributed by atoms with Gasteiger partial charge in [0.05, 0.1) is 4.91 Å². The third kappa shape index (κ3) is 3.62. The first kappa shape index (κ1) is 14.1. The van der Waals surface area contributed by atoms with E-state index in [1.165, 1.54) is 11.8 Å². The predicted molar refractivity (Wildman–Crippen MR) is 89.4 cm³/mol. The topological polar surface area (TPSA) is 38.3 Å². The summed E-state index contributed by atoms with van der Waals surface area (Å²) in [6, 6.07) is 17.2. The van der Waals surface area contributed by atoms with Crippen LogP contribution in [0.15, 0.2) is 59.5 Å². The average molecular weight is 315 g/mol. The summed E-state index contributed by atoms with van der Waals surface area (Å²) >= 11 is 5.63. The molecule has 2 aromatic carbocycles. The smallest absolute Gasteiger partial charge is 0.259 e. The standard InChI is InChI=1S/C16H13NO2S2/c18-15-14(21-16(20)17-15)10-11-6-8-13(9-7-11)19-12-4-2-1-3-5-12/h1-10,16,20H,(H,17,18)/b14-10-. The number of para-hydroxylation sites is 1. The molecular formula is C16H13NO2S2. The number of amides is 1. The molecule has 1 atom stereocenters. The maximum atomic E-state index is 11.6. The highest BCUT2D eigenvalue weighted by molar-refractivity contribution is 8.14. The van der Waals surface area contributed by atoms with Crippen molar-refractivity contribution in [3.63, 3.8) is 0 Å². The lowest BCUT2D eigenvalue weighted by atomic mass is 10.2. The molecule has 1 amide bonds. The van der Waals surface area contributed by atoms with E-state index in [-0.39, 0.29) is 10.6 Å². The molecule has 1 fully saturated rings. The van der Waals surface area contributed by atoms with Gasteiger partial charge in [-0.1, -0.05) is 42.1 Å². The van der Waals surface area contributed by atoms with E-state index in [1.54, 1.807) is 0 Å². The van der Waals surface area contributed by atoms with Crippen LogP contribution >= 0.6 is 24.4 Å². The number of benzene rings is 2. The number of thioether (sulfide) groups is 1. The zero-order valence-electron chi connectivity index (χ0n) is 11.0. The first-order valence-electron chi connectivity index (χ1n) is 6.41. The Morgan fingerprint density at radius 1 is 1.05 bits per heavy atom. The predicted octanol–water partition coefficient (Wildman–Crippen LogP) is 3.90. The van der Waals surface area contributed by atoms with Crippen molar-refractivity contribution in [1.29, 1.82) is 0 Å². The number of rotatable bonds is 3. The van der Waals surface area contributed by atoms with Crippen LogP contribution in [-0.2, 0) is 4.79 Å². The quantitative estimate of drug-likeness (QED) is 0.666. The fourth-order valence-electron chi connectivity index (χ4n) is 1.89. The zero-order valence-corrected chi connectivity index (χ0v) is 12.7. The van der Waals surface area contributed by atoms with Crippen LogP contribution in [0.25, 0.3) is 6.08 Å². The number of nitrogens with one attached hydrogen (secondary N) is 1. The van der Waals surface area contributed by atoms with Crippen LogP contribution in [0.3, 0.4) is 0 Å². The second-order valence-electron chi connectivity index (χ2n) is 4.44. The normalized spacial score (nSPS) is 19.6. The Bertz CT molecular complexity index is 668. The van der Waals surface area contributed by atoms with Crippen LogP contribution in [0.2, 0.25) is 0 Å². The highest BCUT2D eigenvalue weighted by Gasteiger charge is 2.23. The molecule has 3 nitrogen and oxygen atoms in total. The Morgan fingerprint density at radius 3 is 2.33 bits per heavy atom. The van der Waals surface area contributed by atoms with E-state index in [9.17, 15) is 4.79 Å². The third-order valence-electron chi connectivity index (χ3n) is 2.87. The molecule has 1 heterocycles. The van der Waals surface area contributed by atoms with Gasteiger partial charge < -0.3 is 10.1 Å². The van der Waals surface area contributed by atoms with Gasteiger partial charge in [0.15, 0.2) is 0 Å². The van der Waals surface area contributed by atoms with Crippen LogP contribution in [0.1, 0.15) is 5.56 Å². The molecule has 1 N–H and O–H groups in total. The minimum atomic E-state index is -0.163. The number of ether oxygens (including phenoxy) is 1. The second kappa shape index (κ2) is 6.28. The van der Waals surface area contributed by atoms with Crippen molar-refractivity contribution in [2.75, 3.05) is 0 Å². The fraction of sp³-hybridized carbons (Fsp3) is 0.0625. The number of hydrogen-bond acceptors (Lipinski definition) is 4. The lowest BCUT2D eigenvalue weighted by Gasteiger charge is -2.05. The molecule has 0 aliphatic carbocycles. The van der Waals surface area contributed by atoms with Gasteiger partial charge in [0, 0.05) is 0 Å². The molecule has 5 heteroatoms. The van der Waals surface area contributed by atoms with Gasteiger partial charge in [-0.25, -0.2) is 0 Å². The number of thiol groups is 1. The summed E-state index contributed by atoms with van der Waals surface area (Å²) in [7, 11) is 0. The summed E-state index contributed by atoms with van der Waals surface area (Å²) in [5.74, 6) is 1.48. The molecule has 1 aliphatic rings. The SMILES string of the molecule is O=C1NC(S)S/C1=C\c1ccc(Oc2ccccc2)cc1. The number of carbonyl (C=O) groups is 1. The molecule has 3 rings (SSSR count). The first-order valence-corrected chi connectivity index (χ1v) is 7.80. The van der Waals surface area contributed by atoms with Crippen molar-refractivity contribution in [2.24, 2.45) is 0 Å². The second-order valence-corrected chi connectivity index (χ2v) is 6.45. The van der Waals surface area contributed by atoms with Gasteiger partial charge in [0.1, 0.15) is 16.2 Å². The summed E-state index contributed by atoms with van der Waals surface area (Å²) < 4.78 is 5.56. The molecule has 0 spiro atoms. The molecule has 0 saturated carbocycles. The van der Waals surface area contributed by atoms with Crippen LogP contribution in [0, 0.1) is 0 Å². The van der Waals surface area contributed by atoms with Gasteiger partial charge in [-0.05, 0) is 35.9 Å². The van der Waals surface area contributed by atoms with Gasteiger partial charge in [-0.2, -0.15) is 0 Å². The lowest BCUT2D eigenvalue weighted by Crippen LogP contribution is -2.19. The van der Waals surface area contributed by atoms with Crippen molar-refractivity contribution in [3.05, 3.63) is 65.1 Å². The highest BCUT2D eigenvalue weighted by Crippen LogP contribution is 2.31. The summed E-state index contributed by atoms with van der Waals surface area (Å²) in [5.41, 5.74) is 0.954. The maximum absolute atomic E-state index is 11.6. The summed E-state index contributed by atoms with van der Waals surface area (Å²) in [6.07, 6.45) is 1.85. The molecule has 1 saturated heterocycles. The molecule has 21 heavy (non-hydrogen) atoms. The van der Waals surface area contributed by atoms with Crippen molar-refractivity contribution in [2.45, 2.75) is 4.71 Å². The molecule has 106 valence electrons. The minimum absolute atomic E-state index is 0.0791. The van der Waals surface area contributed by atoms with Crippen molar-refractivity contribution in [1.82, 2.24) is 5.32 Å². The summed E-state index contributed by atoms with van der Waals surface area (Å²) in [4.78, 5) is 12.3. The molecule has 0 aromatic heterocycles. The Labute approximate surface area is 132 Å². The molecule has 2 aromatic rings. The molecule has 0 radical (unpaired) electrons. The van der Waals surface area contributed by atoms with Gasteiger partial charge in [-0.15, -0.1) is 12.6 Å². The van der Waals surface area contributed by atoms with E-state index in [0.29, 0.717) is 4.91 Å². The Balaban J connectivity index is 1.73.